The summed E-state index contributed by atoms with van der Waals surface area (Å²) in [4.78, 5) is 0. The molecule has 0 aliphatic carbocycles. The molecular formula is C13H19NO2. The fourth-order valence-corrected chi connectivity index (χ4v) is 2.03. The second kappa shape index (κ2) is 5.32. The van der Waals surface area contributed by atoms with E-state index in [9.17, 15) is 0 Å². The minimum atomic E-state index is 0.335. The smallest absolute Gasteiger partial charge is 0.119 e. The third-order valence-electron chi connectivity index (χ3n) is 3.01. The van der Waals surface area contributed by atoms with Crippen molar-refractivity contribution < 1.29 is 9.47 Å². The Labute approximate surface area is 96.8 Å². The van der Waals surface area contributed by atoms with Crippen molar-refractivity contribution in [1.82, 2.24) is 5.32 Å². The molecule has 16 heavy (non-hydrogen) atoms. The Balaban J connectivity index is 1.98. The van der Waals surface area contributed by atoms with Crippen molar-refractivity contribution >= 4 is 0 Å². The number of nitrogens with one attached hydrogen (secondary N) is 1. The molecule has 1 saturated heterocycles. The second-order valence-corrected chi connectivity index (χ2v) is 4.23. The Kier molecular flexibility index (Phi) is 3.80. The zero-order valence-corrected chi connectivity index (χ0v) is 9.90. The van der Waals surface area contributed by atoms with Gasteiger partial charge in [-0.25, -0.2) is 0 Å². The van der Waals surface area contributed by atoms with E-state index >= 15 is 0 Å². The van der Waals surface area contributed by atoms with Crippen LogP contribution >= 0.6 is 0 Å². The lowest BCUT2D eigenvalue weighted by atomic mass is 10.1. The fourth-order valence-electron chi connectivity index (χ4n) is 2.03. The highest BCUT2D eigenvalue weighted by Crippen LogP contribution is 2.20. The first-order valence-electron chi connectivity index (χ1n) is 5.77. The van der Waals surface area contributed by atoms with Crippen LogP contribution in [0.2, 0.25) is 0 Å². The maximum Gasteiger partial charge on any atom is 0.119 e. The third kappa shape index (κ3) is 2.74. The normalized spacial score (nSPS) is 22.0. The average Bonchev–Trinajstić information content (AvgIpc) is 2.82. The molecule has 0 bridgehead atoms. The van der Waals surface area contributed by atoms with Gasteiger partial charge in [-0.2, -0.15) is 0 Å². The predicted molar refractivity (Wildman–Crippen MR) is 63.8 cm³/mol. The molecule has 0 spiro atoms. The number of ether oxygens (including phenoxy) is 2. The van der Waals surface area contributed by atoms with Gasteiger partial charge in [-0.05, 0) is 31.0 Å². The van der Waals surface area contributed by atoms with Crippen molar-refractivity contribution in [3.8, 4) is 5.75 Å². The molecule has 2 rings (SSSR count). The van der Waals surface area contributed by atoms with Gasteiger partial charge in [0.05, 0.1) is 13.7 Å². The van der Waals surface area contributed by atoms with Crippen LogP contribution in [0.15, 0.2) is 24.3 Å². The quantitative estimate of drug-likeness (QED) is 0.845. The average molecular weight is 221 g/mol. The molecule has 1 N–H and O–H groups in total. The van der Waals surface area contributed by atoms with Gasteiger partial charge in [0.15, 0.2) is 0 Å². The molecule has 1 fully saturated rings. The van der Waals surface area contributed by atoms with Gasteiger partial charge in [-0.15, -0.1) is 0 Å². The predicted octanol–water partition coefficient (Wildman–Crippen LogP) is 2.13. The van der Waals surface area contributed by atoms with Gasteiger partial charge in [0.1, 0.15) is 5.75 Å². The summed E-state index contributed by atoms with van der Waals surface area (Å²) in [5.74, 6) is 0.911. The first-order chi connectivity index (χ1) is 7.79. The van der Waals surface area contributed by atoms with Crippen LogP contribution in [0.1, 0.15) is 24.9 Å². The summed E-state index contributed by atoms with van der Waals surface area (Å²) >= 11 is 0. The van der Waals surface area contributed by atoms with Gasteiger partial charge in [-0.1, -0.05) is 12.1 Å². The summed E-state index contributed by atoms with van der Waals surface area (Å²) < 4.78 is 10.6. The second-order valence-electron chi connectivity index (χ2n) is 4.23. The van der Waals surface area contributed by atoms with Gasteiger partial charge < -0.3 is 14.8 Å². The van der Waals surface area contributed by atoms with Gasteiger partial charge in [0, 0.05) is 18.7 Å². The van der Waals surface area contributed by atoms with E-state index in [0.29, 0.717) is 12.1 Å². The summed E-state index contributed by atoms with van der Waals surface area (Å²) in [6.45, 7) is 3.88. The highest BCUT2D eigenvalue weighted by molar-refractivity contribution is 5.30. The van der Waals surface area contributed by atoms with Crippen molar-refractivity contribution in [3.63, 3.8) is 0 Å². The Morgan fingerprint density at radius 1 is 1.50 bits per heavy atom. The molecule has 1 aromatic rings. The SMILES string of the molecule is COc1cccc(C(C)NC2CCOC2)c1. The van der Waals surface area contributed by atoms with E-state index < -0.39 is 0 Å². The molecule has 2 unspecified atom stereocenters. The van der Waals surface area contributed by atoms with Crippen LogP contribution < -0.4 is 10.1 Å². The van der Waals surface area contributed by atoms with E-state index in [4.69, 9.17) is 9.47 Å². The van der Waals surface area contributed by atoms with Gasteiger partial charge in [-0.3, -0.25) is 0 Å². The lowest BCUT2D eigenvalue weighted by Crippen LogP contribution is -2.31. The molecule has 0 radical (unpaired) electrons. The monoisotopic (exact) mass is 221 g/mol. The minimum Gasteiger partial charge on any atom is -0.497 e. The molecule has 0 saturated carbocycles. The number of rotatable bonds is 4. The van der Waals surface area contributed by atoms with E-state index in [1.807, 2.05) is 12.1 Å². The molecule has 1 heterocycles. The van der Waals surface area contributed by atoms with E-state index in [0.717, 1.165) is 25.4 Å². The van der Waals surface area contributed by atoms with Crippen LogP contribution in [0, 0.1) is 0 Å². The minimum absolute atomic E-state index is 0.335. The molecular weight excluding hydrogens is 202 g/mol. The zero-order chi connectivity index (χ0) is 11.4. The highest BCUT2D eigenvalue weighted by atomic mass is 16.5. The summed E-state index contributed by atoms with van der Waals surface area (Å²) in [6, 6.07) is 9.01. The first-order valence-corrected chi connectivity index (χ1v) is 5.77. The highest BCUT2D eigenvalue weighted by Gasteiger charge is 2.18. The van der Waals surface area contributed by atoms with E-state index in [1.165, 1.54) is 5.56 Å². The summed E-state index contributed by atoms with van der Waals surface area (Å²) in [6.07, 6.45) is 1.11. The molecule has 88 valence electrons. The maximum atomic E-state index is 5.35. The first kappa shape index (κ1) is 11.4. The van der Waals surface area contributed by atoms with Crippen LogP contribution in [0.25, 0.3) is 0 Å². The van der Waals surface area contributed by atoms with E-state index in [-0.39, 0.29) is 0 Å². The van der Waals surface area contributed by atoms with Crippen molar-refractivity contribution in [2.45, 2.75) is 25.4 Å². The number of hydrogen-bond acceptors (Lipinski definition) is 3. The molecule has 3 nitrogen and oxygen atoms in total. The largest absolute Gasteiger partial charge is 0.497 e. The van der Waals surface area contributed by atoms with Crippen molar-refractivity contribution in [1.29, 1.82) is 0 Å². The van der Waals surface area contributed by atoms with Gasteiger partial charge in [0.2, 0.25) is 0 Å². The Bertz CT molecular complexity index is 334. The number of methoxy groups -OCH3 is 1. The summed E-state index contributed by atoms with van der Waals surface area (Å²) in [5, 5.41) is 3.57. The molecule has 1 aliphatic rings. The lowest BCUT2D eigenvalue weighted by molar-refractivity contribution is 0.188. The summed E-state index contributed by atoms with van der Waals surface area (Å²) in [5.41, 5.74) is 1.26. The van der Waals surface area contributed by atoms with Crippen LogP contribution in [-0.4, -0.2) is 26.4 Å². The van der Waals surface area contributed by atoms with Crippen LogP contribution in [-0.2, 0) is 4.74 Å². The Hall–Kier alpha value is -1.06. The van der Waals surface area contributed by atoms with Crippen molar-refractivity contribution in [2.75, 3.05) is 20.3 Å². The molecule has 0 aromatic heterocycles. The Morgan fingerprint density at radius 2 is 2.38 bits per heavy atom. The van der Waals surface area contributed by atoms with Crippen LogP contribution in [0.5, 0.6) is 5.75 Å². The number of benzene rings is 1. The lowest BCUT2D eigenvalue weighted by Gasteiger charge is -2.19. The van der Waals surface area contributed by atoms with Crippen LogP contribution in [0.3, 0.4) is 0 Å². The van der Waals surface area contributed by atoms with Gasteiger partial charge in [0.25, 0.3) is 0 Å². The van der Waals surface area contributed by atoms with Gasteiger partial charge >= 0.3 is 0 Å². The number of hydrogen-bond donors (Lipinski definition) is 1. The van der Waals surface area contributed by atoms with E-state index in [2.05, 4.69) is 24.4 Å². The molecule has 1 aromatic carbocycles. The third-order valence-corrected chi connectivity index (χ3v) is 3.01. The van der Waals surface area contributed by atoms with Crippen molar-refractivity contribution in [2.24, 2.45) is 0 Å². The molecule has 3 heteroatoms. The van der Waals surface area contributed by atoms with E-state index in [1.54, 1.807) is 7.11 Å². The molecule has 2 atom stereocenters. The topological polar surface area (TPSA) is 30.5 Å². The maximum absolute atomic E-state index is 5.35. The fraction of sp³-hybridized carbons (Fsp3) is 0.538. The Morgan fingerprint density at radius 3 is 3.06 bits per heavy atom. The molecule has 0 amide bonds. The standard InChI is InChI=1S/C13H19NO2/c1-10(14-12-6-7-16-9-12)11-4-3-5-13(8-11)15-2/h3-5,8,10,12,14H,6-7,9H2,1-2H3. The zero-order valence-electron chi connectivity index (χ0n) is 9.90. The van der Waals surface area contributed by atoms with Crippen LogP contribution in [0.4, 0.5) is 0 Å². The van der Waals surface area contributed by atoms with Crippen molar-refractivity contribution in [3.05, 3.63) is 29.8 Å². The summed E-state index contributed by atoms with van der Waals surface area (Å²) in [7, 11) is 1.70. The molecule has 1 aliphatic heterocycles.